The van der Waals surface area contributed by atoms with Gasteiger partial charge in [-0.3, -0.25) is 19.2 Å². The van der Waals surface area contributed by atoms with Gasteiger partial charge in [-0.25, -0.2) is 25.4 Å². The summed E-state index contributed by atoms with van der Waals surface area (Å²) in [6, 6.07) is 65.4. The van der Waals surface area contributed by atoms with Crippen molar-refractivity contribution in [2.75, 3.05) is 46.8 Å². The summed E-state index contributed by atoms with van der Waals surface area (Å²) in [5.41, 5.74) is 6.88. The Balaban J connectivity index is 0.000000154. The lowest BCUT2D eigenvalue weighted by molar-refractivity contribution is -0.154. The number of ether oxygens (including phenoxy) is 2. The maximum Gasteiger partial charge on any atom is 0.266 e. The molecule has 14 rings (SSSR count). The number of halogens is 1. The van der Waals surface area contributed by atoms with E-state index >= 15 is 0 Å². The van der Waals surface area contributed by atoms with Crippen molar-refractivity contribution in [3.63, 3.8) is 0 Å². The molecule has 0 unspecified atom stereocenters. The first kappa shape index (κ1) is 63.8. The predicted octanol–water partition coefficient (Wildman–Crippen LogP) is 9.63. The van der Waals surface area contributed by atoms with Gasteiger partial charge in [0.25, 0.3) is 20.0 Å². The first-order valence-electron chi connectivity index (χ1n) is 30.5. The molecule has 6 aliphatic rings. The van der Waals surface area contributed by atoms with Gasteiger partial charge >= 0.3 is 0 Å². The van der Waals surface area contributed by atoms with E-state index in [-0.39, 0.29) is 66.1 Å². The molecule has 0 bridgehead atoms. The molecule has 4 saturated heterocycles. The average Bonchev–Trinajstić information content (AvgIpc) is 1.52. The summed E-state index contributed by atoms with van der Waals surface area (Å²) in [6.45, 7) is 5.48. The van der Waals surface area contributed by atoms with Crippen molar-refractivity contribution >= 4 is 71.0 Å². The Bertz CT molecular complexity index is 4460. The van der Waals surface area contributed by atoms with E-state index in [1.165, 1.54) is 28.9 Å². The Morgan fingerprint density at radius 2 is 0.903 bits per heavy atom. The maximum atomic E-state index is 14.5. The molecular formula is C74H67BrN6O10S2. The van der Waals surface area contributed by atoms with Crippen molar-refractivity contribution in [2.24, 2.45) is 0 Å². The van der Waals surface area contributed by atoms with Crippen molar-refractivity contribution in [1.29, 1.82) is 0 Å². The Morgan fingerprint density at radius 1 is 0.495 bits per heavy atom. The highest BCUT2D eigenvalue weighted by Crippen LogP contribution is 2.61. The Kier molecular flexibility index (Phi) is 18.6. The van der Waals surface area contributed by atoms with Crippen LogP contribution in [0.5, 0.6) is 0 Å². The molecule has 6 aliphatic heterocycles. The molecule has 0 spiro atoms. The fourth-order valence-corrected chi connectivity index (χ4v) is 17.3. The second kappa shape index (κ2) is 27.1. The topological polar surface area (TPSA) is 183 Å². The smallest absolute Gasteiger partial charge is 0.266 e. The quantitative estimate of drug-likeness (QED) is 0.0663. The average molecular weight is 1340 g/mol. The number of para-hydroxylation sites is 2. The van der Waals surface area contributed by atoms with Crippen LogP contribution in [0.15, 0.2) is 228 Å². The summed E-state index contributed by atoms with van der Waals surface area (Å²) in [5, 5.41) is 3.39. The summed E-state index contributed by atoms with van der Waals surface area (Å²) < 4.78 is 70.9. The zero-order valence-electron chi connectivity index (χ0n) is 51.2. The molecule has 93 heavy (non-hydrogen) atoms. The number of rotatable bonds is 13. The molecule has 0 aromatic heterocycles. The van der Waals surface area contributed by atoms with Crippen molar-refractivity contribution in [1.82, 2.24) is 20.0 Å². The van der Waals surface area contributed by atoms with Gasteiger partial charge in [-0.2, -0.15) is 0 Å². The molecule has 8 aromatic rings. The van der Waals surface area contributed by atoms with Crippen LogP contribution in [0.1, 0.15) is 57.3 Å². The standard InChI is InChI=1S/C37H33N3O5S.C26H23N3O4S.C11H11BrO/c1-27-18-20-29(21-19-27)37-24-33-35(42)38(22-10-11-23-45-26-28-12-4-2-5-13-28)25-34(41)39(33)36(37)40(32-17-9-8-16-31(32)37)46(43,44)30-14-6-3-7-15-30;1-17-11-13-18(14-12-17)26-15-22-24(31)27-16-23(30)28(22)25(26)29(21-10-6-5-9-20(21)26)34(32,33)19-7-3-2-4-8-19;12-8-4-5-9-13-10-11-6-2-1-3-7-11/h2-9,12-21,33,36H,22-26H2,1H3;2-14,22,25H,15-16H2,1H3,(H,27,31);1-3,6-7H,8-10H2/t33-,36-,37-;22-,25-,26-;/m00./s1. The van der Waals surface area contributed by atoms with Crippen LogP contribution in [0.2, 0.25) is 0 Å². The van der Waals surface area contributed by atoms with E-state index in [1.807, 2.05) is 147 Å². The van der Waals surface area contributed by atoms with Gasteiger partial charge in [0.2, 0.25) is 23.6 Å². The number of piperazine rings is 2. The number of benzene rings is 8. The Hall–Kier alpha value is -9.34. The number of alkyl halides is 1. The molecule has 4 fully saturated rings. The van der Waals surface area contributed by atoms with Crippen molar-refractivity contribution in [2.45, 2.75) is 84.9 Å². The zero-order chi connectivity index (χ0) is 64.9. The largest absolute Gasteiger partial charge is 0.364 e. The third-order valence-electron chi connectivity index (χ3n) is 17.9. The van der Waals surface area contributed by atoms with Crippen molar-refractivity contribution in [3.05, 3.63) is 263 Å². The van der Waals surface area contributed by atoms with Crippen molar-refractivity contribution < 1.29 is 45.5 Å². The molecule has 472 valence electrons. The summed E-state index contributed by atoms with van der Waals surface area (Å²) in [6.07, 6.45) is -1.30. The lowest BCUT2D eigenvalue weighted by atomic mass is 9.72. The van der Waals surface area contributed by atoms with Crippen LogP contribution in [0.3, 0.4) is 0 Å². The number of carbonyl (C=O) groups excluding carboxylic acids is 4. The zero-order valence-corrected chi connectivity index (χ0v) is 54.4. The highest BCUT2D eigenvalue weighted by molar-refractivity contribution is 9.09. The minimum Gasteiger partial charge on any atom is -0.364 e. The fraction of sp³-hybridized carbons (Fsp3) is 0.243. The number of aryl methyl sites for hydroxylation is 2. The molecule has 6 atom stereocenters. The monoisotopic (exact) mass is 1340 g/mol. The maximum absolute atomic E-state index is 14.5. The van der Waals surface area contributed by atoms with E-state index < -0.39 is 55.3 Å². The highest BCUT2D eigenvalue weighted by atomic mass is 79.9. The number of nitrogens with one attached hydrogen (secondary N) is 1. The van der Waals surface area contributed by atoms with Gasteiger partial charge in [0.1, 0.15) is 44.2 Å². The molecule has 6 heterocycles. The predicted molar refractivity (Wildman–Crippen MR) is 358 cm³/mol. The summed E-state index contributed by atoms with van der Waals surface area (Å²) in [5.74, 6) is 10.6. The van der Waals surface area contributed by atoms with Gasteiger partial charge < -0.3 is 29.5 Å². The number of anilines is 2. The molecule has 16 nitrogen and oxygen atoms in total. The van der Waals surface area contributed by atoms with Crippen LogP contribution in [0.25, 0.3) is 0 Å². The van der Waals surface area contributed by atoms with Crippen LogP contribution in [-0.2, 0) is 72.7 Å². The van der Waals surface area contributed by atoms with E-state index in [0.29, 0.717) is 42.9 Å². The summed E-state index contributed by atoms with van der Waals surface area (Å²) in [7, 11) is -8.17. The van der Waals surface area contributed by atoms with Gasteiger partial charge in [0.05, 0.1) is 63.6 Å². The normalized spacial score (nSPS) is 21.4. The molecule has 0 aliphatic carbocycles. The molecule has 0 saturated carbocycles. The third-order valence-corrected chi connectivity index (χ3v) is 21.8. The second-order valence-corrected chi connectivity index (χ2v) is 27.6. The SMILES string of the molecule is BrCC#CCOCc1ccccc1.Cc1ccc([C@]23C[C@H]4C(=O)N(CC#CCOCc5ccccc5)CC(=O)N4[C@H]2N(S(=O)(=O)c2ccccc2)c2ccccc23)cc1.Cc1ccc([C@]23C[C@H]4C(=O)NCC(=O)N4[C@H]2N(S(=O)(=O)c2ccccc2)c2ccccc23)cc1. The summed E-state index contributed by atoms with van der Waals surface area (Å²) >= 11 is 3.22. The molecule has 8 aromatic carbocycles. The first-order chi connectivity index (χ1) is 45.1. The lowest BCUT2D eigenvalue weighted by Crippen LogP contribution is -2.63. The van der Waals surface area contributed by atoms with Crippen molar-refractivity contribution in [3.8, 4) is 23.7 Å². The van der Waals surface area contributed by atoms with Gasteiger partial charge in [-0.15, -0.1) is 0 Å². The molecule has 0 radical (unpaired) electrons. The number of amides is 4. The third kappa shape index (κ3) is 12.0. The lowest BCUT2D eigenvalue weighted by Gasteiger charge is -2.42. The van der Waals surface area contributed by atoms with Crippen LogP contribution in [0.4, 0.5) is 11.4 Å². The van der Waals surface area contributed by atoms with Crippen LogP contribution >= 0.6 is 15.9 Å². The van der Waals surface area contributed by atoms with E-state index in [0.717, 1.165) is 38.9 Å². The molecule has 4 amide bonds. The van der Waals surface area contributed by atoms with Crippen LogP contribution in [0, 0.1) is 37.5 Å². The fourth-order valence-electron chi connectivity index (χ4n) is 13.8. The first-order valence-corrected chi connectivity index (χ1v) is 34.5. The van der Waals surface area contributed by atoms with Gasteiger partial charge in [0, 0.05) is 0 Å². The Labute approximate surface area is 551 Å². The molecule has 19 heteroatoms. The van der Waals surface area contributed by atoms with Gasteiger partial charge in [-0.1, -0.05) is 233 Å². The van der Waals surface area contributed by atoms with Crippen LogP contribution < -0.4 is 13.9 Å². The Morgan fingerprint density at radius 3 is 1.37 bits per heavy atom. The van der Waals surface area contributed by atoms with E-state index in [2.05, 4.69) is 44.9 Å². The molecular weight excluding hydrogens is 1280 g/mol. The van der Waals surface area contributed by atoms with Crippen LogP contribution in [-0.4, -0.2) is 118 Å². The number of nitrogens with zero attached hydrogens (tertiary/aromatic N) is 5. The van der Waals surface area contributed by atoms with E-state index in [4.69, 9.17) is 9.47 Å². The number of hydrogen-bond donors (Lipinski definition) is 1. The van der Waals surface area contributed by atoms with E-state index in [1.54, 1.807) is 84.9 Å². The van der Waals surface area contributed by atoms with Gasteiger partial charge in [-0.05, 0) is 96.5 Å². The minimum absolute atomic E-state index is 0.0778. The highest BCUT2D eigenvalue weighted by Gasteiger charge is 2.69. The number of carbonyl (C=O) groups is 4. The van der Waals surface area contributed by atoms with E-state index in [9.17, 15) is 36.0 Å². The number of hydrogen-bond acceptors (Lipinski definition) is 10. The number of sulfonamides is 2. The number of fused-ring (bicyclic) bond motifs is 10. The second-order valence-electron chi connectivity index (χ2n) is 23.4. The minimum atomic E-state index is -4.13. The molecule has 1 N–H and O–H groups in total. The summed E-state index contributed by atoms with van der Waals surface area (Å²) in [4.78, 5) is 59.2. The van der Waals surface area contributed by atoms with Gasteiger partial charge in [0.15, 0.2) is 0 Å².